The fraction of sp³-hybridized carbons (Fsp3) is 0.167. The van der Waals surface area contributed by atoms with Gasteiger partial charge in [-0.15, -0.1) is 11.3 Å². The highest BCUT2D eigenvalue weighted by Crippen LogP contribution is 2.32. The number of carbonyl (C=O) groups excluding carboxylic acids is 1. The summed E-state index contributed by atoms with van der Waals surface area (Å²) in [6, 6.07) is 5.62. The Bertz CT molecular complexity index is 565. The normalized spacial score (nSPS) is 10.3. The summed E-state index contributed by atoms with van der Waals surface area (Å²) >= 11 is 4.71. The molecule has 0 bridgehead atoms. The number of methoxy groups -OCH3 is 1. The highest BCUT2D eigenvalue weighted by Gasteiger charge is 2.18. The summed E-state index contributed by atoms with van der Waals surface area (Å²) in [5.41, 5.74) is 2.66. The Morgan fingerprint density at radius 2 is 2.24 bits per heavy atom. The van der Waals surface area contributed by atoms with E-state index in [2.05, 4.69) is 20.9 Å². The maximum atomic E-state index is 11.7. The van der Waals surface area contributed by atoms with Gasteiger partial charge in [0.15, 0.2) is 0 Å². The van der Waals surface area contributed by atoms with Gasteiger partial charge in [-0.1, -0.05) is 6.07 Å². The van der Waals surface area contributed by atoms with Crippen molar-refractivity contribution in [2.45, 2.75) is 6.92 Å². The largest absolute Gasteiger partial charge is 0.465 e. The summed E-state index contributed by atoms with van der Waals surface area (Å²) in [6.45, 7) is 1.96. The number of thiophene rings is 1. The first kappa shape index (κ1) is 12.3. The Morgan fingerprint density at radius 1 is 1.47 bits per heavy atom. The fourth-order valence-corrected chi connectivity index (χ4v) is 2.87. The Morgan fingerprint density at radius 3 is 2.88 bits per heavy atom. The van der Waals surface area contributed by atoms with E-state index < -0.39 is 0 Å². The molecule has 0 fully saturated rings. The minimum atomic E-state index is -0.320. The van der Waals surface area contributed by atoms with E-state index in [-0.39, 0.29) is 5.97 Å². The molecule has 2 heterocycles. The number of nitrogens with zero attached hydrogens (tertiary/aromatic N) is 1. The summed E-state index contributed by atoms with van der Waals surface area (Å²) in [7, 11) is 1.38. The molecule has 0 saturated carbocycles. The first-order chi connectivity index (χ1) is 8.13. The molecule has 0 aliphatic heterocycles. The second-order valence-corrected chi connectivity index (χ2v) is 5.15. The lowest BCUT2D eigenvalue weighted by Gasteiger charge is -2.04. The number of halogens is 1. The Balaban J connectivity index is 2.58. The first-order valence-electron chi connectivity index (χ1n) is 4.93. The van der Waals surface area contributed by atoms with Crippen LogP contribution in [-0.4, -0.2) is 18.1 Å². The van der Waals surface area contributed by atoms with Gasteiger partial charge in [0.1, 0.15) is 9.48 Å². The average molecular weight is 312 g/mol. The molecule has 88 valence electrons. The zero-order valence-electron chi connectivity index (χ0n) is 9.36. The second-order valence-electron chi connectivity index (χ2n) is 3.46. The maximum Gasteiger partial charge on any atom is 0.348 e. The van der Waals surface area contributed by atoms with Gasteiger partial charge in [0.05, 0.1) is 12.8 Å². The molecule has 0 spiro atoms. The molecule has 5 heteroatoms. The molecule has 2 aromatic heterocycles. The van der Waals surface area contributed by atoms with Crippen molar-refractivity contribution in [2.75, 3.05) is 7.11 Å². The third-order valence-corrected chi connectivity index (χ3v) is 3.84. The molecule has 2 aromatic rings. The number of ether oxygens (including phenoxy) is 1. The summed E-state index contributed by atoms with van der Waals surface area (Å²) < 4.78 is 5.52. The van der Waals surface area contributed by atoms with Crippen molar-refractivity contribution in [3.05, 3.63) is 38.6 Å². The molecule has 0 N–H and O–H groups in total. The highest BCUT2D eigenvalue weighted by molar-refractivity contribution is 9.10. The quantitative estimate of drug-likeness (QED) is 0.627. The lowest BCUT2D eigenvalue weighted by molar-refractivity contribution is 0.0607. The number of hydrogen-bond acceptors (Lipinski definition) is 4. The van der Waals surface area contributed by atoms with E-state index in [9.17, 15) is 4.79 Å². The number of esters is 1. The molecule has 0 aliphatic rings. The molecule has 0 saturated heterocycles. The van der Waals surface area contributed by atoms with E-state index in [1.165, 1.54) is 18.4 Å². The smallest absolute Gasteiger partial charge is 0.348 e. The van der Waals surface area contributed by atoms with E-state index in [0.717, 1.165) is 21.4 Å². The fourth-order valence-electron chi connectivity index (χ4n) is 1.55. The van der Waals surface area contributed by atoms with Gasteiger partial charge in [0.2, 0.25) is 0 Å². The van der Waals surface area contributed by atoms with Crippen LogP contribution >= 0.6 is 27.3 Å². The van der Waals surface area contributed by atoms with Crippen LogP contribution in [-0.2, 0) is 4.74 Å². The second kappa shape index (κ2) is 4.98. The zero-order valence-corrected chi connectivity index (χ0v) is 11.8. The van der Waals surface area contributed by atoms with Gasteiger partial charge >= 0.3 is 5.97 Å². The predicted octanol–water partition coefficient (Wildman–Crippen LogP) is 3.67. The number of aryl methyl sites for hydroxylation is 1. The molecule has 17 heavy (non-hydrogen) atoms. The van der Waals surface area contributed by atoms with Crippen molar-refractivity contribution < 1.29 is 9.53 Å². The third-order valence-electron chi connectivity index (χ3n) is 2.32. The van der Waals surface area contributed by atoms with Crippen LogP contribution < -0.4 is 0 Å². The van der Waals surface area contributed by atoms with Crippen molar-refractivity contribution >= 4 is 33.2 Å². The van der Waals surface area contributed by atoms with E-state index in [1.54, 1.807) is 0 Å². The lowest BCUT2D eigenvalue weighted by Crippen LogP contribution is -2.01. The molecule has 3 nitrogen and oxygen atoms in total. The van der Waals surface area contributed by atoms with Crippen molar-refractivity contribution in [1.29, 1.82) is 0 Å². The number of pyridine rings is 1. The van der Waals surface area contributed by atoms with Crippen LogP contribution in [0, 0.1) is 6.92 Å². The Labute approximate surface area is 112 Å². The predicted molar refractivity (Wildman–Crippen MR) is 71.3 cm³/mol. The highest BCUT2D eigenvalue weighted by atomic mass is 79.9. The molecule has 0 amide bonds. The van der Waals surface area contributed by atoms with Gasteiger partial charge in [-0.25, -0.2) is 9.78 Å². The summed E-state index contributed by atoms with van der Waals surface area (Å²) in [5.74, 6) is -0.320. The van der Waals surface area contributed by atoms with Crippen molar-refractivity contribution in [3.8, 4) is 11.3 Å². The van der Waals surface area contributed by atoms with E-state index in [0.29, 0.717) is 4.88 Å². The minimum absolute atomic E-state index is 0.320. The topological polar surface area (TPSA) is 39.2 Å². The van der Waals surface area contributed by atoms with Gasteiger partial charge in [-0.05, 0) is 45.9 Å². The molecule has 0 radical (unpaired) electrons. The molecule has 0 aliphatic carbocycles. The average Bonchev–Trinajstić information content (AvgIpc) is 2.70. The van der Waals surface area contributed by atoms with Crippen LogP contribution in [0.2, 0.25) is 0 Å². The van der Waals surface area contributed by atoms with Crippen LogP contribution in [0.5, 0.6) is 0 Å². The van der Waals surface area contributed by atoms with Crippen LogP contribution in [0.4, 0.5) is 0 Å². The molecule has 0 atom stereocenters. The van der Waals surface area contributed by atoms with Gasteiger partial charge in [-0.2, -0.15) is 0 Å². The SMILES string of the molecule is COC(=O)c1scc(C)c1-c1cccc(Br)n1. The monoisotopic (exact) mass is 311 g/mol. The van der Waals surface area contributed by atoms with Crippen molar-refractivity contribution in [2.24, 2.45) is 0 Å². The van der Waals surface area contributed by atoms with Crippen LogP contribution in [0.15, 0.2) is 28.2 Å². The lowest BCUT2D eigenvalue weighted by atomic mass is 10.1. The first-order valence-corrected chi connectivity index (χ1v) is 6.60. The van der Waals surface area contributed by atoms with Crippen LogP contribution in [0.3, 0.4) is 0 Å². The number of carbonyl (C=O) groups is 1. The Hall–Kier alpha value is -1.20. The maximum absolute atomic E-state index is 11.7. The van der Waals surface area contributed by atoms with Crippen LogP contribution in [0.25, 0.3) is 11.3 Å². The van der Waals surface area contributed by atoms with Crippen LogP contribution in [0.1, 0.15) is 15.2 Å². The summed E-state index contributed by atoms with van der Waals surface area (Å²) in [6.07, 6.45) is 0. The van der Waals surface area contributed by atoms with E-state index >= 15 is 0 Å². The summed E-state index contributed by atoms with van der Waals surface area (Å²) in [5, 5.41) is 1.93. The molecule has 0 aromatic carbocycles. The van der Waals surface area contributed by atoms with Gasteiger partial charge in [0, 0.05) is 5.56 Å². The third kappa shape index (κ3) is 2.40. The number of hydrogen-bond donors (Lipinski definition) is 0. The number of rotatable bonds is 2. The number of aromatic nitrogens is 1. The molecular weight excluding hydrogens is 302 g/mol. The molecular formula is C12H10BrNO2S. The van der Waals surface area contributed by atoms with Crippen molar-refractivity contribution in [3.63, 3.8) is 0 Å². The zero-order chi connectivity index (χ0) is 12.4. The molecule has 2 rings (SSSR count). The Kier molecular flexibility index (Phi) is 3.59. The van der Waals surface area contributed by atoms with Gasteiger partial charge < -0.3 is 4.74 Å². The van der Waals surface area contributed by atoms with Gasteiger partial charge in [0.25, 0.3) is 0 Å². The summed E-state index contributed by atoms with van der Waals surface area (Å²) in [4.78, 5) is 16.6. The minimum Gasteiger partial charge on any atom is -0.465 e. The standard InChI is InChI=1S/C12H10BrNO2S/c1-7-6-17-11(12(15)16-2)10(7)8-4-3-5-9(13)14-8/h3-6H,1-2H3. The van der Waals surface area contributed by atoms with E-state index in [1.807, 2.05) is 30.5 Å². The molecule has 0 unspecified atom stereocenters. The van der Waals surface area contributed by atoms with E-state index in [4.69, 9.17) is 4.74 Å². The van der Waals surface area contributed by atoms with Gasteiger partial charge in [-0.3, -0.25) is 0 Å². The van der Waals surface area contributed by atoms with Crippen molar-refractivity contribution in [1.82, 2.24) is 4.98 Å².